The highest BCUT2D eigenvalue weighted by Crippen LogP contribution is 2.32. The minimum atomic E-state index is -4.36. The maximum absolute atomic E-state index is 12.6. The second-order valence-corrected chi connectivity index (χ2v) is 5.29. The van der Waals surface area contributed by atoms with Crippen molar-refractivity contribution in [2.45, 2.75) is 25.4 Å². The Balaban J connectivity index is 2.28. The van der Waals surface area contributed by atoms with Crippen LogP contribution in [0.5, 0.6) is 0 Å². The first-order chi connectivity index (χ1) is 10.9. The van der Waals surface area contributed by atoms with Gasteiger partial charge in [0, 0.05) is 12.0 Å². The Labute approximate surface area is 133 Å². The van der Waals surface area contributed by atoms with Gasteiger partial charge in [-0.15, -0.1) is 0 Å². The minimum Gasteiger partial charge on any atom is -0.330 e. The van der Waals surface area contributed by atoms with E-state index >= 15 is 0 Å². The number of Topliss-reactive ketones (excluding diaryl/α,β-unsaturated/α-hetero) is 1. The monoisotopic (exact) mass is 321 g/mol. The van der Waals surface area contributed by atoms with Crippen molar-refractivity contribution >= 4 is 5.78 Å². The third-order valence-corrected chi connectivity index (χ3v) is 3.61. The standard InChI is InChI=1S/C18H18F3NO/c19-18(20,21)14-10-8-13(9-11-14)15-5-1-2-6-16(15)17(23)7-3-4-12-22/h1-2,5-6,8-11H,3-4,7,12,22H2. The smallest absolute Gasteiger partial charge is 0.330 e. The molecule has 0 unspecified atom stereocenters. The molecular weight excluding hydrogens is 303 g/mol. The highest BCUT2D eigenvalue weighted by atomic mass is 19.4. The molecule has 0 spiro atoms. The van der Waals surface area contributed by atoms with Gasteiger partial charge < -0.3 is 5.73 Å². The molecule has 0 aliphatic rings. The molecule has 0 bridgehead atoms. The van der Waals surface area contributed by atoms with Gasteiger partial charge in [-0.1, -0.05) is 36.4 Å². The lowest BCUT2D eigenvalue weighted by Gasteiger charge is -2.11. The fraction of sp³-hybridized carbons (Fsp3) is 0.278. The van der Waals surface area contributed by atoms with E-state index in [2.05, 4.69) is 0 Å². The van der Waals surface area contributed by atoms with Gasteiger partial charge in [0.1, 0.15) is 0 Å². The van der Waals surface area contributed by atoms with Crippen molar-refractivity contribution in [3.05, 3.63) is 59.7 Å². The van der Waals surface area contributed by atoms with Gasteiger partial charge in [0.25, 0.3) is 0 Å². The van der Waals surface area contributed by atoms with E-state index in [0.29, 0.717) is 36.1 Å². The molecule has 2 aromatic carbocycles. The van der Waals surface area contributed by atoms with Crippen LogP contribution in [0.2, 0.25) is 0 Å². The lowest BCUT2D eigenvalue weighted by Crippen LogP contribution is -2.05. The van der Waals surface area contributed by atoms with E-state index < -0.39 is 11.7 Å². The molecule has 2 N–H and O–H groups in total. The zero-order valence-corrected chi connectivity index (χ0v) is 12.6. The van der Waals surface area contributed by atoms with Gasteiger partial charge in [-0.3, -0.25) is 4.79 Å². The fourth-order valence-electron chi connectivity index (χ4n) is 2.38. The van der Waals surface area contributed by atoms with Crippen LogP contribution in [0.1, 0.15) is 35.2 Å². The second kappa shape index (κ2) is 7.42. The summed E-state index contributed by atoms with van der Waals surface area (Å²) in [7, 11) is 0. The van der Waals surface area contributed by atoms with E-state index in [4.69, 9.17) is 5.73 Å². The van der Waals surface area contributed by atoms with Crippen LogP contribution in [0.25, 0.3) is 11.1 Å². The summed E-state index contributed by atoms with van der Waals surface area (Å²) < 4.78 is 37.9. The lowest BCUT2D eigenvalue weighted by atomic mass is 9.94. The van der Waals surface area contributed by atoms with Crippen LogP contribution < -0.4 is 5.73 Å². The first kappa shape index (κ1) is 17.2. The molecule has 0 amide bonds. The van der Waals surface area contributed by atoms with E-state index in [1.54, 1.807) is 24.3 Å². The molecule has 2 rings (SSSR count). The minimum absolute atomic E-state index is 0.0195. The van der Waals surface area contributed by atoms with Crippen LogP contribution >= 0.6 is 0 Å². The summed E-state index contributed by atoms with van der Waals surface area (Å²) in [6, 6.07) is 11.8. The van der Waals surface area contributed by atoms with Crippen molar-refractivity contribution in [2.24, 2.45) is 5.73 Å². The molecule has 0 aliphatic heterocycles. The van der Waals surface area contributed by atoms with E-state index in [9.17, 15) is 18.0 Å². The predicted octanol–water partition coefficient (Wildman–Crippen LogP) is 4.68. The molecule has 23 heavy (non-hydrogen) atoms. The average Bonchev–Trinajstić information content (AvgIpc) is 2.54. The Morgan fingerprint density at radius 3 is 2.22 bits per heavy atom. The topological polar surface area (TPSA) is 43.1 Å². The number of carbonyl (C=O) groups is 1. The van der Waals surface area contributed by atoms with Crippen molar-refractivity contribution in [2.75, 3.05) is 6.54 Å². The molecule has 2 nitrogen and oxygen atoms in total. The van der Waals surface area contributed by atoms with Crippen LogP contribution in [0.4, 0.5) is 13.2 Å². The number of unbranched alkanes of at least 4 members (excludes halogenated alkanes) is 1. The molecule has 0 fully saturated rings. The Bertz CT molecular complexity index is 663. The van der Waals surface area contributed by atoms with Gasteiger partial charge in [0.15, 0.2) is 5.78 Å². The first-order valence-electron chi connectivity index (χ1n) is 7.43. The van der Waals surface area contributed by atoms with E-state index in [0.717, 1.165) is 18.6 Å². The predicted molar refractivity (Wildman–Crippen MR) is 84.1 cm³/mol. The molecule has 0 aromatic heterocycles. The maximum Gasteiger partial charge on any atom is 0.416 e. The fourth-order valence-corrected chi connectivity index (χ4v) is 2.38. The summed E-state index contributed by atoms with van der Waals surface area (Å²) in [5.74, 6) is -0.0195. The third kappa shape index (κ3) is 4.42. The van der Waals surface area contributed by atoms with Crippen LogP contribution in [0.3, 0.4) is 0 Å². The summed E-state index contributed by atoms with van der Waals surface area (Å²) in [5, 5.41) is 0. The molecule has 0 radical (unpaired) electrons. The van der Waals surface area contributed by atoms with Crippen LogP contribution in [-0.4, -0.2) is 12.3 Å². The SMILES string of the molecule is NCCCCC(=O)c1ccccc1-c1ccc(C(F)(F)F)cc1. The molecule has 0 heterocycles. The summed E-state index contributed by atoms with van der Waals surface area (Å²) in [6.45, 7) is 0.536. The lowest BCUT2D eigenvalue weighted by molar-refractivity contribution is -0.137. The molecule has 0 saturated carbocycles. The number of ketones is 1. The van der Waals surface area contributed by atoms with Gasteiger partial charge in [0.2, 0.25) is 0 Å². The van der Waals surface area contributed by atoms with Crippen LogP contribution in [0, 0.1) is 0 Å². The average molecular weight is 321 g/mol. The Morgan fingerprint density at radius 2 is 1.61 bits per heavy atom. The number of benzene rings is 2. The summed E-state index contributed by atoms with van der Waals surface area (Å²) in [5.41, 5.74) is 6.50. The number of carbonyl (C=O) groups excluding carboxylic acids is 1. The van der Waals surface area contributed by atoms with Gasteiger partial charge in [0.05, 0.1) is 5.56 Å². The molecule has 122 valence electrons. The Kier molecular flexibility index (Phi) is 5.55. The highest BCUT2D eigenvalue weighted by Gasteiger charge is 2.30. The number of halogens is 3. The molecule has 2 aromatic rings. The van der Waals surface area contributed by atoms with Gasteiger partial charge in [-0.25, -0.2) is 0 Å². The van der Waals surface area contributed by atoms with Crippen molar-refractivity contribution in [3.8, 4) is 11.1 Å². The van der Waals surface area contributed by atoms with Crippen molar-refractivity contribution < 1.29 is 18.0 Å². The van der Waals surface area contributed by atoms with E-state index in [1.165, 1.54) is 12.1 Å². The Hall–Kier alpha value is -2.14. The van der Waals surface area contributed by atoms with Crippen molar-refractivity contribution in [1.82, 2.24) is 0 Å². The number of nitrogens with two attached hydrogens (primary N) is 1. The number of rotatable bonds is 6. The van der Waals surface area contributed by atoms with Gasteiger partial charge >= 0.3 is 6.18 Å². The zero-order valence-electron chi connectivity index (χ0n) is 12.6. The molecular formula is C18H18F3NO. The van der Waals surface area contributed by atoms with E-state index in [-0.39, 0.29) is 5.78 Å². The summed E-state index contributed by atoms with van der Waals surface area (Å²) >= 11 is 0. The quantitative estimate of drug-likeness (QED) is 0.620. The summed E-state index contributed by atoms with van der Waals surface area (Å²) in [4.78, 5) is 12.3. The van der Waals surface area contributed by atoms with Gasteiger partial charge in [-0.05, 0) is 42.6 Å². The largest absolute Gasteiger partial charge is 0.416 e. The molecule has 5 heteroatoms. The maximum atomic E-state index is 12.6. The van der Waals surface area contributed by atoms with Gasteiger partial charge in [-0.2, -0.15) is 13.2 Å². The molecule has 0 atom stereocenters. The van der Waals surface area contributed by atoms with Crippen molar-refractivity contribution in [3.63, 3.8) is 0 Å². The van der Waals surface area contributed by atoms with Crippen LogP contribution in [0.15, 0.2) is 48.5 Å². The van der Waals surface area contributed by atoms with Crippen molar-refractivity contribution in [1.29, 1.82) is 0 Å². The summed E-state index contributed by atoms with van der Waals surface area (Å²) in [6.07, 6.45) is -2.50. The number of hydrogen-bond acceptors (Lipinski definition) is 2. The number of alkyl halides is 3. The normalized spacial score (nSPS) is 11.5. The number of hydrogen-bond donors (Lipinski definition) is 1. The van der Waals surface area contributed by atoms with Crippen LogP contribution in [-0.2, 0) is 6.18 Å². The van der Waals surface area contributed by atoms with E-state index in [1.807, 2.05) is 0 Å². The first-order valence-corrected chi connectivity index (χ1v) is 7.43. The highest BCUT2D eigenvalue weighted by molar-refractivity contribution is 6.02. The molecule has 0 saturated heterocycles. The third-order valence-electron chi connectivity index (χ3n) is 3.61. The second-order valence-electron chi connectivity index (χ2n) is 5.29. The Morgan fingerprint density at radius 1 is 0.957 bits per heavy atom. The zero-order chi connectivity index (χ0) is 16.9. The molecule has 0 aliphatic carbocycles.